The first-order valence-electron chi connectivity index (χ1n) is 6.46. The monoisotopic (exact) mass is 229 g/mol. The maximum Gasteiger partial charge on any atom is 0.0448 e. The number of rotatable bonds is 2. The van der Waals surface area contributed by atoms with Crippen LogP contribution < -0.4 is 4.90 Å². The van der Waals surface area contributed by atoms with Crippen molar-refractivity contribution in [3.8, 4) is 0 Å². The molecule has 1 aliphatic rings. The molecule has 1 heteroatoms. The maximum atomic E-state index is 4.37. The molecule has 0 N–H and O–H groups in total. The van der Waals surface area contributed by atoms with Gasteiger partial charge in [0.2, 0.25) is 0 Å². The molecular formula is C16H23N. The van der Waals surface area contributed by atoms with Crippen LogP contribution in [0.15, 0.2) is 36.5 Å². The number of fused-ring (bicyclic) bond motifs is 1. The van der Waals surface area contributed by atoms with Crippen molar-refractivity contribution in [3.63, 3.8) is 0 Å². The van der Waals surface area contributed by atoms with Gasteiger partial charge >= 0.3 is 0 Å². The van der Waals surface area contributed by atoms with Gasteiger partial charge in [-0.25, -0.2) is 0 Å². The molecule has 17 heavy (non-hydrogen) atoms. The smallest absolute Gasteiger partial charge is 0.0448 e. The van der Waals surface area contributed by atoms with Crippen LogP contribution in [0.5, 0.6) is 0 Å². The van der Waals surface area contributed by atoms with Gasteiger partial charge in [-0.1, -0.05) is 52.5 Å². The van der Waals surface area contributed by atoms with Gasteiger partial charge in [-0.2, -0.15) is 0 Å². The highest BCUT2D eigenvalue weighted by atomic mass is 15.2. The standard InChI is InChI=1S/C16H23N/c1-11(2)16(12(3)4)13(5)17(6)15-10-8-7-9-14(15)16/h7-12H,5H2,1-4,6H3. The second kappa shape index (κ2) is 3.90. The molecule has 0 spiro atoms. The second-order valence-electron chi connectivity index (χ2n) is 5.70. The van der Waals surface area contributed by atoms with Crippen LogP contribution in [0.2, 0.25) is 0 Å². The van der Waals surface area contributed by atoms with E-state index in [0.717, 1.165) is 0 Å². The van der Waals surface area contributed by atoms with Gasteiger partial charge in [-0.3, -0.25) is 0 Å². The highest BCUT2D eigenvalue weighted by Gasteiger charge is 2.49. The quantitative estimate of drug-likeness (QED) is 0.734. The predicted molar refractivity (Wildman–Crippen MR) is 75.3 cm³/mol. The summed E-state index contributed by atoms with van der Waals surface area (Å²) in [5.41, 5.74) is 4.09. The lowest BCUT2D eigenvalue weighted by Gasteiger charge is -2.40. The van der Waals surface area contributed by atoms with Crippen LogP contribution in [0, 0.1) is 11.8 Å². The molecule has 0 saturated carbocycles. The summed E-state index contributed by atoms with van der Waals surface area (Å²) in [6.07, 6.45) is 0. The Labute approximate surface area is 105 Å². The third-order valence-corrected chi connectivity index (χ3v) is 4.41. The van der Waals surface area contributed by atoms with Gasteiger partial charge in [-0.15, -0.1) is 0 Å². The summed E-state index contributed by atoms with van der Waals surface area (Å²) in [6, 6.07) is 8.72. The third-order valence-electron chi connectivity index (χ3n) is 4.41. The molecule has 1 aromatic rings. The Balaban J connectivity index is 2.73. The van der Waals surface area contributed by atoms with Crippen LogP contribution in [0.25, 0.3) is 0 Å². The largest absolute Gasteiger partial charge is 0.348 e. The number of nitrogens with zero attached hydrogens (tertiary/aromatic N) is 1. The van der Waals surface area contributed by atoms with Gasteiger partial charge in [0.25, 0.3) is 0 Å². The van der Waals surface area contributed by atoms with E-state index in [1.165, 1.54) is 16.9 Å². The summed E-state index contributed by atoms with van der Waals surface area (Å²) in [5.74, 6) is 1.11. The first-order valence-corrected chi connectivity index (χ1v) is 6.46. The van der Waals surface area contributed by atoms with E-state index in [1.54, 1.807) is 0 Å². The Bertz CT molecular complexity index is 435. The van der Waals surface area contributed by atoms with E-state index in [9.17, 15) is 0 Å². The fourth-order valence-corrected chi connectivity index (χ4v) is 3.65. The van der Waals surface area contributed by atoms with Crippen LogP contribution in [0.4, 0.5) is 5.69 Å². The fraction of sp³-hybridized carbons (Fsp3) is 0.500. The van der Waals surface area contributed by atoms with Crippen molar-refractivity contribution in [3.05, 3.63) is 42.1 Å². The minimum atomic E-state index is 0.0886. The Morgan fingerprint density at radius 3 is 2.12 bits per heavy atom. The molecule has 2 rings (SSSR count). The molecule has 0 bridgehead atoms. The van der Waals surface area contributed by atoms with Crippen molar-refractivity contribution in [1.82, 2.24) is 0 Å². The summed E-state index contributed by atoms with van der Waals surface area (Å²) in [5, 5.41) is 0. The molecule has 0 fully saturated rings. The van der Waals surface area contributed by atoms with Crippen molar-refractivity contribution in [1.29, 1.82) is 0 Å². The molecular weight excluding hydrogens is 206 g/mol. The average Bonchev–Trinajstić information content (AvgIpc) is 2.50. The lowest BCUT2D eigenvalue weighted by Crippen LogP contribution is -2.39. The van der Waals surface area contributed by atoms with E-state index in [1.807, 2.05) is 0 Å². The minimum Gasteiger partial charge on any atom is -0.348 e. The highest BCUT2D eigenvalue weighted by Crippen LogP contribution is 2.54. The number of hydrogen-bond acceptors (Lipinski definition) is 1. The summed E-state index contributed by atoms with van der Waals surface area (Å²) in [7, 11) is 2.13. The van der Waals surface area contributed by atoms with Crippen LogP contribution >= 0.6 is 0 Å². The lowest BCUT2D eigenvalue weighted by atomic mass is 9.64. The molecule has 1 nitrogen and oxygen atoms in total. The van der Waals surface area contributed by atoms with Gasteiger partial charge in [0.1, 0.15) is 0 Å². The molecule has 1 aromatic carbocycles. The fourth-order valence-electron chi connectivity index (χ4n) is 3.65. The first kappa shape index (κ1) is 12.2. The number of anilines is 1. The maximum absolute atomic E-state index is 4.37. The summed E-state index contributed by atoms with van der Waals surface area (Å²) in [6.45, 7) is 13.6. The molecule has 1 heterocycles. The first-order chi connectivity index (χ1) is 7.94. The van der Waals surface area contributed by atoms with Crippen molar-refractivity contribution in [2.24, 2.45) is 11.8 Å². The van der Waals surface area contributed by atoms with E-state index in [4.69, 9.17) is 0 Å². The Hall–Kier alpha value is -1.24. The van der Waals surface area contributed by atoms with Crippen molar-refractivity contribution in [2.45, 2.75) is 33.1 Å². The van der Waals surface area contributed by atoms with Gasteiger partial charge in [-0.05, 0) is 23.5 Å². The van der Waals surface area contributed by atoms with Gasteiger partial charge in [0.15, 0.2) is 0 Å². The predicted octanol–water partition coefficient (Wildman–Crippen LogP) is 4.20. The topological polar surface area (TPSA) is 3.24 Å². The van der Waals surface area contributed by atoms with Gasteiger partial charge < -0.3 is 4.90 Å². The molecule has 92 valence electrons. The molecule has 0 aliphatic carbocycles. The Morgan fingerprint density at radius 1 is 1.06 bits per heavy atom. The highest BCUT2D eigenvalue weighted by molar-refractivity contribution is 5.70. The van der Waals surface area contributed by atoms with E-state index >= 15 is 0 Å². The summed E-state index contributed by atoms with van der Waals surface area (Å²) >= 11 is 0. The molecule has 0 aromatic heterocycles. The Morgan fingerprint density at radius 2 is 1.59 bits per heavy atom. The van der Waals surface area contributed by atoms with Crippen LogP contribution in [-0.4, -0.2) is 7.05 Å². The molecule has 0 unspecified atom stereocenters. The SMILES string of the molecule is C=C1N(C)c2ccccc2C1(C(C)C)C(C)C. The van der Waals surface area contributed by atoms with E-state index in [2.05, 4.69) is 70.5 Å². The summed E-state index contributed by atoms with van der Waals surface area (Å²) < 4.78 is 0. The normalized spacial score (nSPS) is 18.1. The van der Waals surface area contributed by atoms with Crippen molar-refractivity contribution >= 4 is 5.69 Å². The average molecular weight is 229 g/mol. The molecule has 0 atom stereocenters. The number of para-hydroxylation sites is 1. The third kappa shape index (κ3) is 1.38. The zero-order chi connectivity index (χ0) is 12.8. The Kier molecular flexibility index (Phi) is 2.81. The van der Waals surface area contributed by atoms with Crippen molar-refractivity contribution in [2.75, 3.05) is 11.9 Å². The zero-order valence-corrected chi connectivity index (χ0v) is 11.6. The molecule has 0 saturated heterocycles. The number of likely N-dealkylation sites (N-methyl/N-ethyl adjacent to an activating group) is 1. The molecule has 1 aliphatic heterocycles. The van der Waals surface area contributed by atoms with Crippen LogP contribution in [-0.2, 0) is 5.41 Å². The summed E-state index contributed by atoms with van der Waals surface area (Å²) in [4.78, 5) is 2.26. The van der Waals surface area contributed by atoms with Gasteiger partial charge in [0.05, 0.1) is 0 Å². The number of allylic oxidation sites excluding steroid dienone is 1. The molecule has 0 radical (unpaired) electrons. The number of hydrogen-bond donors (Lipinski definition) is 0. The zero-order valence-electron chi connectivity index (χ0n) is 11.6. The minimum absolute atomic E-state index is 0.0886. The molecule has 0 amide bonds. The van der Waals surface area contributed by atoms with Crippen LogP contribution in [0.1, 0.15) is 33.3 Å². The van der Waals surface area contributed by atoms with Gasteiger partial charge in [0, 0.05) is 23.8 Å². The lowest BCUT2D eigenvalue weighted by molar-refractivity contribution is 0.275. The van der Waals surface area contributed by atoms with Crippen molar-refractivity contribution < 1.29 is 0 Å². The van der Waals surface area contributed by atoms with E-state index in [0.29, 0.717) is 11.8 Å². The second-order valence-corrected chi connectivity index (χ2v) is 5.70. The van der Waals surface area contributed by atoms with Crippen LogP contribution in [0.3, 0.4) is 0 Å². The number of benzene rings is 1. The van der Waals surface area contributed by atoms with E-state index in [-0.39, 0.29) is 5.41 Å². The van der Waals surface area contributed by atoms with E-state index < -0.39 is 0 Å².